The van der Waals surface area contributed by atoms with Crippen molar-refractivity contribution in [2.45, 2.75) is 26.3 Å². The summed E-state index contributed by atoms with van der Waals surface area (Å²) in [5, 5.41) is 8.96. The quantitative estimate of drug-likeness (QED) is 0.837. The van der Waals surface area contributed by atoms with Crippen molar-refractivity contribution in [2.24, 2.45) is 0 Å². The molecule has 0 aliphatic heterocycles. The molecule has 5 nitrogen and oxygen atoms in total. The van der Waals surface area contributed by atoms with Crippen LogP contribution >= 0.6 is 0 Å². The maximum atomic E-state index is 12.7. The summed E-state index contributed by atoms with van der Waals surface area (Å²) in [7, 11) is 1.63. The highest BCUT2D eigenvalue weighted by Gasteiger charge is 2.20. The van der Waals surface area contributed by atoms with Gasteiger partial charge in [0, 0.05) is 18.2 Å². The number of carbonyl (C=O) groups excluding carboxylic acids is 1. The molecule has 0 aliphatic rings. The lowest BCUT2D eigenvalue weighted by Gasteiger charge is -2.28. The maximum absolute atomic E-state index is 12.7. The third-order valence-electron chi connectivity index (χ3n) is 4.20. The van der Waals surface area contributed by atoms with Gasteiger partial charge < -0.3 is 14.7 Å². The average molecular weight is 341 g/mol. The van der Waals surface area contributed by atoms with E-state index in [-0.39, 0.29) is 17.5 Å². The number of ether oxygens (including phenoxy) is 1. The van der Waals surface area contributed by atoms with Gasteiger partial charge in [0.25, 0.3) is 5.91 Å². The molecule has 1 atom stereocenters. The first-order chi connectivity index (χ1) is 12.0. The average Bonchev–Trinajstić information content (AvgIpc) is 2.63. The number of likely N-dealkylation sites (N-methyl/N-ethyl adjacent to an activating group) is 1. The number of carboxylic acids is 1. The van der Waals surface area contributed by atoms with Gasteiger partial charge in [-0.25, -0.2) is 4.79 Å². The fourth-order valence-corrected chi connectivity index (χ4v) is 2.79. The summed E-state index contributed by atoms with van der Waals surface area (Å²) in [5.74, 6) is -0.294. The normalized spacial score (nSPS) is 11.6. The Morgan fingerprint density at radius 3 is 2.08 bits per heavy atom. The third kappa shape index (κ3) is 4.59. The van der Waals surface area contributed by atoms with Crippen LogP contribution in [0.25, 0.3) is 0 Å². The molecule has 5 heteroatoms. The van der Waals surface area contributed by atoms with Gasteiger partial charge in [0.05, 0.1) is 12.7 Å². The van der Waals surface area contributed by atoms with Gasteiger partial charge in [0.15, 0.2) is 0 Å². The van der Waals surface area contributed by atoms with Gasteiger partial charge >= 0.3 is 5.97 Å². The van der Waals surface area contributed by atoms with Crippen LogP contribution in [0.15, 0.2) is 48.5 Å². The fraction of sp³-hybridized carbons (Fsp3) is 0.300. The minimum absolute atomic E-state index is 0.0186. The molecule has 1 amide bonds. The van der Waals surface area contributed by atoms with E-state index in [1.54, 1.807) is 24.1 Å². The molecule has 2 aromatic rings. The molecule has 0 saturated carbocycles. The van der Waals surface area contributed by atoms with Gasteiger partial charge in [-0.2, -0.15) is 0 Å². The Balaban J connectivity index is 2.10. The molecule has 2 rings (SSSR count). The first-order valence-corrected chi connectivity index (χ1v) is 8.23. The van der Waals surface area contributed by atoms with E-state index in [9.17, 15) is 9.59 Å². The summed E-state index contributed by atoms with van der Waals surface area (Å²) in [6, 6.07) is 13.9. The number of rotatable bonds is 7. The van der Waals surface area contributed by atoms with Crippen LogP contribution in [0.3, 0.4) is 0 Å². The molecule has 132 valence electrons. The van der Waals surface area contributed by atoms with Crippen molar-refractivity contribution >= 4 is 11.9 Å². The second-order valence-corrected chi connectivity index (χ2v) is 5.87. The number of hydrogen-bond donors (Lipinski definition) is 1. The topological polar surface area (TPSA) is 66.8 Å². The molecule has 0 aliphatic carbocycles. The van der Waals surface area contributed by atoms with Gasteiger partial charge in [-0.3, -0.25) is 4.79 Å². The van der Waals surface area contributed by atoms with Crippen LogP contribution in [0.5, 0.6) is 5.75 Å². The zero-order chi connectivity index (χ0) is 18.4. The summed E-state index contributed by atoms with van der Waals surface area (Å²) >= 11 is 0. The Labute approximate surface area is 147 Å². The Hall–Kier alpha value is -2.82. The summed E-state index contributed by atoms with van der Waals surface area (Å²) < 4.78 is 5.16. The maximum Gasteiger partial charge on any atom is 0.335 e. The zero-order valence-corrected chi connectivity index (χ0v) is 14.7. The van der Waals surface area contributed by atoms with E-state index in [0.29, 0.717) is 12.1 Å². The van der Waals surface area contributed by atoms with E-state index >= 15 is 0 Å². The molecule has 0 saturated heterocycles. The van der Waals surface area contributed by atoms with E-state index < -0.39 is 5.97 Å². The first kappa shape index (κ1) is 18.5. The predicted molar refractivity (Wildman–Crippen MR) is 96.3 cm³/mol. The van der Waals surface area contributed by atoms with Crippen molar-refractivity contribution in [1.82, 2.24) is 4.90 Å². The summed E-state index contributed by atoms with van der Waals surface area (Å²) in [6.45, 7) is 4.53. The standard InChI is InChI=1S/C20H23NO4/c1-4-21(14(2)13-15-5-11-18(25-3)12-6-15)19(22)16-7-9-17(10-8-16)20(23)24/h5-12,14H,4,13H2,1-3H3,(H,23,24). The van der Waals surface area contributed by atoms with E-state index in [1.807, 2.05) is 38.1 Å². The summed E-state index contributed by atoms with van der Waals surface area (Å²) in [6.07, 6.45) is 0.733. The van der Waals surface area contributed by atoms with Crippen LogP contribution in [-0.2, 0) is 6.42 Å². The van der Waals surface area contributed by atoms with Gasteiger partial charge in [0.2, 0.25) is 0 Å². The van der Waals surface area contributed by atoms with Crippen molar-refractivity contribution in [2.75, 3.05) is 13.7 Å². The molecule has 1 unspecified atom stereocenters. The molecular weight excluding hydrogens is 318 g/mol. The van der Waals surface area contributed by atoms with Crippen LogP contribution in [0, 0.1) is 0 Å². The summed E-state index contributed by atoms with van der Waals surface area (Å²) in [5.41, 5.74) is 1.79. The molecule has 0 radical (unpaired) electrons. The van der Waals surface area contributed by atoms with Crippen molar-refractivity contribution in [3.05, 3.63) is 65.2 Å². The van der Waals surface area contributed by atoms with E-state index in [4.69, 9.17) is 9.84 Å². The Kier molecular flexibility index (Phi) is 6.17. The number of benzene rings is 2. The van der Waals surface area contributed by atoms with Gasteiger partial charge in [-0.1, -0.05) is 12.1 Å². The Morgan fingerprint density at radius 2 is 1.60 bits per heavy atom. The van der Waals surface area contributed by atoms with Gasteiger partial charge in [0.1, 0.15) is 5.75 Å². The van der Waals surface area contributed by atoms with Crippen LogP contribution in [-0.4, -0.2) is 41.6 Å². The number of carboxylic acid groups (broad SMARTS) is 1. The number of amides is 1. The largest absolute Gasteiger partial charge is 0.497 e. The lowest BCUT2D eigenvalue weighted by atomic mass is 10.0. The molecule has 0 fully saturated rings. The molecule has 0 bridgehead atoms. The minimum Gasteiger partial charge on any atom is -0.497 e. The molecule has 25 heavy (non-hydrogen) atoms. The molecule has 1 N–H and O–H groups in total. The number of aromatic carboxylic acids is 1. The zero-order valence-electron chi connectivity index (χ0n) is 14.7. The first-order valence-electron chi connectivity index (χ1n) is 8.23. The molecule has 0 aromatic heterocycles. The van der Waals surface area contributed by atoms with Crippen molar-refractivity contribution in [1.29, 1.82) is 0 Å². The highest BCUT2D eigenvalue weighted by Crippen LogP contribution is 2.16. The van der Waals surface area contributed by atoms with Crippen molar-refractivity contribution in [3.8, 4) is 5.75 Å². The number of methoxy groups -OCH3 is 1. The van der Waals surface area contributed by atoms with E-state index in [2.05, 4.69) is 0 Å². The molecule has 0 spiro atoms. The van der Waals surface area contributed by atoms with Crippen molar-refractivity contribution in [3.63, 3.8) is 0 Å². The number of nitrogens with zero attached hydrogens (tertiary/aromatic N) is 1. The third-order valence-corrected chi connectivity index (χ3v) is 4.20. The Bertz CT molecular complexity index is 722. The highest BCUT2D eigenvalue weighted by molar-refractivity contribution is 5.96. The monoisotopic (exact) mass is 341 g/mol. The van der Waals surface area contributed by atoms with Crippen LogP contribution < -0.4 is 4.74 Å². The van der Waals surface area contributed by atoms with E-state index in [1.165, 1.54) is 12.1 Å². The lowest BCUT2D eigenvalue weighted by molar-refractivity contribution is 0.0685. The number of carbonyl (C=O) groups is 2. The molecule has 0 heterocycles. The number of hydrogen-bond acceptors (Lipinski definition) is 3. The second-order valence-electron chi connectivity index (χ2n) is 5.87. The van der Waals surface area contributed by atoms with Gasteiger partial charge in [-0.05, 0) is 62.2 Å². The van der Waals surface area contributed by atoms with Crippen LogP contribution in [0.1, 0.15) is 40.1 Å². The SMILES string of the molecule is CCN(C(=O)c1ccc(C(=O)O)cc1)C(C)Cc1ccc(OC)cc1. The summed E-state index contributed by atoms with van der Waals surface area (Å²) in [4.78, 5) is 25.5. The molecule has 2 aromatic carbocycles. The fourth-order valence-electron chi connectivity index (χ4n) is 2.79. The Morgan fingerprint density at radius 1 is 1.04 bits per heavy atom. The predicted octanol–water partition coefficient (Wildman–Crippen LogP) is 3.49. The van der Waals surface area contributed by atoms with Crippen molar-refractivity contribution < 1.29 is 19.4 Å². The minimum atomic E-state index is -1.00. The van der Waals surface area contributed by atoms with Crippen LogP contribution in [0.2, 0.25) is 0 Å². The smallest absolute Gasteiger partial charge is 0.335 e. The lowest BCUT2D eigenvalue weighted by Crippen LogP contribution is -2.39. The van der Waals surface area contributed by atoms with Crippen LogP contribution in [0.4, 0.5) is 0 Å². The van der Waals surface area contributed by atoms with E-state index in [0.717, 1.165) is 17.7 Å². The highest BCUT2D eigenvalue weighted by atomic mass is 16.5. The molecular formula is C20H23NO4. The van der Waals surface area contributed by atoms with Gasteiger partial charge in [-0.15, -0.1) is 0 Å². The second kappa shape index (κ2) is 8.33.